The van der Waals surface area contributed by atoms with Crippen LogP contribution in [0.3, 0.4) is 0 Å². The topological polar surface area (TPSA) is 19.4 Å². The lowest BCUT2D eigenvalue weighted by molar-refractivity contribution is 0.0931. The Labute approximate surface area is 185 Å². The number of fused-ring (bicyclic) bond motifs is 1. The number of piperazine rings is 1. The maximum Gasteiger partial charge on any atom is 0.0416 e. The van der Waals surface area contributed by atoms with Crippen LogP contribution in [0.4, 0.5) is 0 Å². The highest BCUT2D eigenvalue weighted by molar-refractivity contribution is 7.99. The second-order valence-corrected chi connectivity index (χ2v) is 7.78. The zero-order chi connectivity index (χ0) is 16.2. The third-order valence-electron chi connectivity index (χ3n) is 5.18. The highest BCUT2D eigenvalue weighted by atomic mass is 35.5. The van der Waals surface area contributed by atoms with Crippen molar-refractivity contribution < 1.29 is 0 Å². The fourth-order valence-electron chi connectivity index (χ4n) is 3.82. The highest BCUT2D eigenvalue weighted by Crippen LogP contribution is 2.39. The lowest BCUT2D eigenvalue weighted by Crippen LogP contribution is -2.48. The first-order valence-electron chi connectivity index (χ1n) is 8.98. The van der Waals surface area contributed by atoms with Crippen LogP contribution in [-0.4, -0.2) is 53.3 Å². The molecule has 3 heterocycles. The van der Waals surface area contributed by atoms with Crippen molar-refractivity contribution in [3.63, 3.8) is 0 Å². The van der Waals surface area contributed by atoms with Gasteiger partial charge >= 0.3 is 0 Å². The molecule has 0 radical (unpaired) electrons. The van der Waals surface area contributed by atoms with Crippen LogP contribution in [0.25, 0.3) is 0 Å². The van der Waals surface area contributed by atoms with Crippen LogP contribution >= 0.6 is 49.0 Å². The van der Waals surface area contributed by atoms with E-state index >= 15 is 0 Å². The Hall–Kier alpha value is -0.490. The quantitative estimate of drug-likeness (QED) is 0.672. The minimum Gasteiger partial charge on any atom is -0.300 e. The zero-order valence-corrected chi connectivity index (χ0v) is 18.6. The fourth-order valence-corrected chi connectivity index (χ4v) is 4.93. The Balaban J connectivity index is 0.00000121. The molecule has 3 nitrogen and oxygen atoms in total. The number of hydrogen-bond donors (Lipinski definition) is 0. The summed E-state index contributed by atoms with van der Waals surface area (Å²) in [7, 11) is 0. The number of hydrogen-bond acceptors (Lipinski definition) is 4. The Morgan fingerprint density at radius 2 is 1.67 bits per heavy atom. The summed E-state index contributed by atoms with van der Waals surface area (Å²) in [4.78, 5) is 11.2. The molecule has 0 aliphatic carbocycles. The smallest absolute Gasteiger partial charge is 0.0416 e. The third-order valence-corrected chi connectivity index (χ3v) is 6.31. The minimum absolute atomic E-state index is 0. The van der Waals surface area contributed by atoms with E-state index in [4.69, 9.17) is 0 Å². The maximum atomic E-state index is 4.44. The number of nitrogens with zero attached hydrogens (tertiary/aromatic N) is 3. The number of rotatable bonds is 4. The van der Waals surface area contributed by atoms with E-state index in [1.807, 2.05) is 24.0 Å². The molecule has 4 rings (SSSR count). The average molecular weight is 449 g/mol. The largest absolute Gasteiger partial charge is 0.300 e. The molecule has 1 unspecified atom stereocenters. The predicted molar refractivity (Wildman–Crippen MR) is 122 cm³/mol. The van der Waals surface area contributed by atoms with Crippen molar-refractivity contribution in [2.24, 2.45) is 0 Å². The van der Waals surface area contributed by atoms with Crippen LogP contribution in [0.5, 0.6) is 0 Å². The average Bonchev–Trinajstić information content (AvgIpc) is 2.67. The third kappa shape index (κ3) is 6.25. The summed E-state index contributed by atoms with van der Waals surface area (Å²) in [6, 6.07) is 15.8. The van der Waals surface area contributed by atoms with Crippen LogP contribution in [0.15, 0.2) is 53.6 Å². The van der Waals surface area contributed by atoms with Gasteiger partial charge in [-0.1, -0.05) is 24.3 Å². The van der Waals surface area contributed by atoms with Crippen molar-refractivity contribution in [1.29, 1.82) is 0 Å². The van der Waals surface area contributed by atoms with E-state index in [1.54, 1.807) is 5.56 Å². The fraction of sp³-hybridized carbons (Fsp3) is 0.450. The van der Waals surface area contributed by atoms with E-state index in [-0.39, 0.29) is 37.2 Å². The number of thioether (sulfide) groups is 1. The predicted octanol–water partition coefficient (Wildman–Crippen LogP) is 4.74. The summed E-state index contributed by atoms with van der Waals surface area (Å²) >= 11 is 2.02. The van der Waals surface area contributed by atoms with Gasteiger partial charge in [-0.2, -0.15) is 0 Å². The van der Waals surface area contributed by atoms with E-state index < -0.39 is 0 Å². The molecule has 0 N–H and O–H groups in total. The summed E-state index contributed by atoms with van der Waals surface area (Å²) in [5, 5.41) is 0. The van der Waals surface area contributed by atoms with Gasteiger partial charge in [-0.15, -0.1) is 49.0 Å². The summed E-state index contributed by atoms with van der Waals surface area (Å²) < 4.78 is 0. The summed E-state index contributed by atoms with van der Waals surface area (Å²) in [6.07, 6.45) is 4.24. The van der Waals surface area contributed by atoms with Crippen LogP contribution in [0, 0.1) is 0 Å². The molecule has 0 spiro atoms. The summed E-state index contributed by atoms with van der Waals surface area (Å²) in [5.74, 6) is 1.25. The molecule has 0 bridgehead atoms. The highest BCUT2D eigenvalue weighted by Gasteiger charge is 2.28. The van der Waals surface area contributed by atoms with Crippen molar-refractivity contribution in [1.82, 2.24) is 14.8 Å². The van der Waals surface area contributed by atoms with Crippen LogP contribution < -0.4 is 0 Å². The molecule has 2 aliphatic rings. The van der Waals surface area contributed by atoms with Gasteiger partial charge in [0.1, 0.15) is 0 Å². The van der Waals surface area contributed by atoms with Crippen LogP contribution in [0.1, 0.15) is 23.7 Å². The first-order chi connectivity index (χ1) is 11.9. The summed E-state index contributed by atoms with van der Waals surface area (Å²) in [6.45, 7) is 5.86. The van der Waals surface area contributed by atoms with Gasteiger partial charge in [-0.25, -0.2) is 0 Å². The standard InChI is InChI=1S/C20H25N3S.3ClH/c1-2-7-20-18(6-1)19(9-16-24-20)23-14-12-22(13-15-23)11-8-17-5-3-4-10-21-17;;;/h1-7,10,19H,8-9,11-16H2;3*1H. The van der Waals surface area contributed by atoms with Crippen LogP contribution in [-0.2, 0) is 6.42 Å². The molecule has 2 aliphatic heterocycles. The minimum atomic E-state index is 0. The molecule has 1 fully saturated rings. The molecule has 0 amide bonds. The Kier molecular flexibility index (Phi) is 11.0. The van der Waals surface area contributed by atoms with Crippen molar-refractivity contribution in [2.45, 2.75) is 23.8 Å². The molecular weight excluding hydrogens is 421 g/mol. The molecule has 27 heavy (non-hydrogen) atoms. The van der Waals surface area contributed by atoms with Gasteiger partial charge in [0.2, 0.25) is 0 Å². The van der Waals surface area contributed by atoms with Crippen molar-refractivity contribution in [2.75, 3.05) is 38.5 Å². The second-order valence-electron chi connectivity index (χ2n) is 6.64. The van der Waals surface area contributed by atoms with E-state index in [1.165, 1.54) is 48.9 Å². The van der Waals surface area contributed by atoms with Crippen molar-refractivity contribution >= 4 is 49.0 Å². The van der Waals surface area contributed by atoms with Gasteiger partial charge in [0, 0.05) is 62.0 Å². The van der Waals surface area contributed by atoms with Gasteiger partial charge in [0.15, 0.2) is 0 Å². The SMILES string of the molecule is Cl.Cl.Cl.c1ccc(CCN2CCN(C3CCSc4ccccc43)CC2)nc1. The lowest BCUT2D eigenvalue weighted by Gasteiger charge is -2.41. The van der Waals surface area contributed by atoms with Gasteiger partial charge in [0.05, 0.1) is 0 Å². The van der Waals surface area contributed by atoms with Gasteiger partial charge in [-0.05, 0) is 35.9 Å². The van der Waals surface area contributed by atoms with E-state index in [0.29, 0.717) is 6.04 Å². The normalized spacial score (nSPS) is 19.8. The molecule has 1 aromatic carbocycles. The first kappa shape index (κ1) is 24.5. The Morgan fingerprint density at radius 3 is 2.41 bits per heavy atom. The second kappa shape index (κ2) is 12.2. The molecule has 2 aromatic rings. The number of benzene rings is 1. The molecule has 150 valence electrons. The summed E-state index contributed by atoms with van der Waals surface area (Å²) in [5.41, 5.74) is 2.76. The van der Waals surface area contributed by atoms with Gasteiger partial charge in [0.25, 0.3) is 0 Å². The number of aromatic nitrogens is 1. The molecule has 7 heteroatoms. The van der Waals surface area contributed by atoms with E-state index in [2.05, 4.69) is 51.2 Å². The van der Waals surface area contributed by atoms with Crippen LogP contribution in [0.2, 0.25) is 0 Å². The van der Waals surface area contributed by atoms with Crippen molar-refractivity contribution in [3.05, 3.63) is 59.9 Å². The zero-order valence-electron chi connectivity index (χ0n) is 15.3. The van der Waals surface area contributed by atoms with E-state index in [9.17, 15) is 0 Å². The maximum absolute atomic E-state index is 4.44. The molecule has 1 atom stereocenters. The van der Waals surface area contributed by atoms with E-state index in [0.717, 1.165) is 13.0 Å². The number of pyridine rings is 1. The van der Waals surface area contributed by atoms with Crippen molar-refractivity contribution in [3.8, 4) is 0 Å². The molecular formula is C20H28Cl3N3S. The monoisotopic (exact) mass is 447 g/mol. The molecule has 1 saturated heterocycles. The van der Waals surface area contributed by atoms with Gasteiger partial charge in [-0.3, -0.25) is 9.88 Å². The Morgan fingerprint density at radius 1 is 0.926 bits per heavy atom. The molecule has 0 saturated carbocycles. The number of halogens is 3. The lowest BCUT2D eigenvalue weighted by atomic mass is 10.0. The molecule has 1 aromatic heterocycles. The first-order valence-corrected chi connectivity index (χ1v) is 9.97. The Bertz CT molecular complexity index is 667. The van der Waals surface area contributed by atoms with Gasteiger partial charge < -0.3 is 4.90 Å².